The van der Waals surface area contributed by atoms with Crippen LogP contribution in [0.4, 0.5) is 0 Å². The van der Waals surface area contributed by atoms with E-state index < -0.39 is 5.97 Å². The van der Waals surface area contributed by atoms with Crippen LogP contribution in [0.1, 0.15) is 16.7 Å². The molecule has 0 atom stereocenters. The third-order valence-electron chi connectivity index (χ3n) is 2.12. The molecular formula is C11H14O3. The number of hydrogen-bond donors (Lipinski definition) is 1. The quantitative estimate of drug-likeness (QED) is 0.799. The number of carboxylic acids is 1. The summed E-state index contributed by atoms with van der Waals surface area (Å²) in [7, 11) is 1.56. The first-order valence-electron chi connectivity index (χ1n) is 4.40. The molecule has 0 aromatic heterocycles. The zero-order valence-electron chi connectivity index (χ0n) is 8.63. The Morgan fingerprint density at radius 2 is 2.07 bits per heavy atom. The molecule has 0 fully saturated rings. The first-order chi connectivity index (χ1) is 6.54. The van der Waals surface area contributed by atoms with Crippen LogP contribution in [-0.4, -0.2) is 18.2 Å². The second kappa shape index (κ2) is 4.13. The van der Waals surface area contributed by atoms with Crippen LogP contribution in [0, 0.1) is 13.8 Å². The predicted octanol–water partition coefficient (Wildman–Crippen LogP) is 1.94. The number of ether oxygens (including phenoxy) is 1. The van der Waals surface area contributed by atoms with Crippen molar-refractivity contribution < 1.29 is 14.6 Å². The van der Waals surface area contributed by atoms with Crippen molar-refractivity contribution in [2.45, 2.75) is 20.3 Å². The first kappa shape index (κ1) is 10.6. The monoisotopic (exact) mass is 194 g/mol. The zero-order chi connectivity index (χ0) is 10.7. The number of benzene rings is 1. The van der Waals surface area contributed by atoms with Crippen molar-refractivity contribution in [3.05, 3.63) is 28.8 Å². The van der Waals surface area contributed by atoms with Crippen molar-refractivity contribution in [1.82, 2.24) is 0 Å². The van der Waals surface area contributed by atoms with Gasteiger partial charge in [-0.05, 0) is 31.0 Å². The summed E-state index contributed by atoms with van der Waals surface area (Å²) in [5.41, 5.74) is 2.79. The summed E-state index contributed by atoms with van der Waals surface area (Å²) in [4.78, 5) is 10.6. The minimum Gasteiger partial charge on any atom is -0.496 e. The second-order valence-electron chi connectivity index (χ2n) is 3.33. The summed E-state index contributed by atoms with van der Waals surface area (Å²) in [5, 5.41) is 8.73. The van der Waals surface area contributed by atoms with E-state index >= 15 is 0 Å². The van der Waals surface area contributed by atoms with Crippen molar-refractivity contribution in [1.29, 1.82) is 0 Å². The molecule has 0 amide bonds. The van der Waals surface area contributed by atoms with Crippen LogP contribution in [0.3, 0.4) is 0 Å². The highest BCUT2D eigenvalue weighted by molar-refractivity contribution is 5.72. The lowest BCUT2D eigenvalue weighted by Crippen LogP contribution is -2.04. The van der Waals surface area contributed by atoms with E-state index in [4.69, 9.17) is 9.84 Å². The van der Waals surface area contributed by atoms with Gasteiger partial charge < -0.3 is 9.84 Å². The Morgan fingerprint density at radius 3 is 2.57 bits per heavy atom. The maximum absolute atomic E-state index is 10.6. The number of carboxylic acid groups (broad SMARTS) is 1. The average molecular weight is 194 g/mol. The lowest BCUT2D eigenvalue weighted by Gasteiger charge is -2.10. The Balaban J connectivity index is 3.18. The molecule has 0 unspecified atom stereocenters. The number of hydrogen-bond acceptors (Lipinski definition) is 2. The summed E-state index contributed by atoms with van der Waals surface area (Å²) in [6.45, 7) is 3.86. The van der Waals surface area contributed by atoms with Crippen LogP contribution < -0.4 is 4.74 Å². The molecule has 1 rings (SSSR count). The van der Waals surface area contributed by atoms with Crippen molar-refractivity contribution in [3.8, 4) is 5.75 Å². The summed E-state index contributed by atoms with van der Waals surface area (Å²) >= 11 is 0. The molecule has 0 saturated carbocycles. The van der Waals surface area contributed by atoms with Gasteiger partial charge in [-0.1, -0.05) is 6.07 Å². The smallest absolute Gasteiger partial charge is 0.307 e. The fourth-order valence-electron chi connectivity index (χ4n) is 1.52. The van der Waals surface area contributed by atoms with Gasteiger partial charge in [0.05, 0.1) is 13.5 Å². The van der Waals surface area contributed by atoms with Crippen molar-refractivity contribution >= 4 is 5.97 Å². The number of aryl methyl sites for hydroxylation is 2. The van der Waals surface area contributed by atoms with Crippen LogP contribution >= 0.6 is 0 Å². The molecular weight excluding hydrogens is 180 g/mol. The van der Waals surface area contributed by atoms with E-state index in [1.807, 2.05) is 26.0 Å². The van der Waals surface area contributed by atoms with E-state index in [0.717, 1.165) is 16.7 Å². The minimum absolute atomic E-state index is 0.00921. The highest BCUT2D eigenvalue weighted by Crippen LogP contribution is 2.24. The van der Waals surface area contributed by atoms with Gasteiger partial charge in [0.2, 0.25) is 0 Å². The molecule has 0 spiro atoms. The lowest BCUT2D eigenvalue weighted by molar-refractivity contribution is -0.136. The SMILES string of the molecule is COc1cc(C)cc(C)c1CC(=O)O. The molecule has 0 aliphatic heterocycles. The summed E-state index contributed by atoms with van der Waals surface area (Å²) in [6.07, 6.45) is 0.00921. The molecule has 0 bridgehead atoms. The van der Waals surface area contributed by atoms with Gasteiger partial charge >= 0.3 is 5.97 Å². The summed E-state index contributed by atoms with van der Waals surface area (Å²) in [5.74, 6) is -0.180. The first-order valence-corrected chi connectivity index (χ1v) is 4.40. The van der Waals surface area contributed by atoms with Gasteiger partial charge in [-0.15, -0.1) is 0 Å². The lowest BCUT2D eigenvalue weighted by atomic mass is 10.0. The molecule has 0 radical (unpaired) electrons. The Kier molecular flexibility index (Phi) is 3.12. The second-order valence-corrected chi connectivity index (χ2v) is 3.33. The van der Waals surface area contributed by atoms with E-state index in [1.54, 1.807) is 7.11 Å². The third-order valence-corrected chi connectivity index (χ3v) is 2.12. The van der Waals surface area contributed by atoms with Crippen molar-refractivity contribution in [2.75, 3.05) is 7.11 Å². The number of rotatable bonds is 3. The van der Waals surface area contributed by atoms with Crippen LogP contribution in [0.2, 0.25) is 0 Å². The van der Waals surface area contributed by atoms with Crippen LogP contribution in [-0.2, 0) is 11.2 Å². The predicted molar refractivity (Wildman–Crippen MR) is 53.8 cm³/mol. The topological polar surface area (TPSA) is 46.5 Å². The Labute approximate surface area is 83.3 Å². The van der Waals surface area contributed by atoms with Gasteiger partial charge in [0.25, 0.3) is 0 Å². The van der Waals surface area contributed by atoms with Crippen LogP contribution in [0.5, 0.6) is 5.75 Å². The number of carbonyl (C=O) groups is 1. The molecule has 3 nitrogen and oxygen atoms in total. The van der Waals surface area contributed by atoms with E-state index in [9.17, 15) is 4.79 Å². The summed E-state index contributed by atoms with van der Waals surface area (Å²) < 4.78 is 5.14. The normalized spacial score (nSPS) is 9.93. The molecule has 1 aromatic carbocycles. The molecule has 76 valence electrons. The van der Waals surface area contributed by atoms with E-state index in [1.165, 1.54) is 0 Å². The molecule has 1 N–H and O–H groups in total. The molecule has 0 heterocycles. The van der Waals surface area contributed by atoms with Gasteiger partial charge in [-0.2, -0.15) is 0 Å². The fraction of sp³-hybridized carbons (Fsp3) is 0.364. The number of aliphatic carboxylic acids is 1. The number of methoxy groups -OCH3 is 1. The molecule has 3 heteroatoms. The minimum atomic E-state index is -0.838. The standard InChI is InChI=1S/C11H14O3/c1-7-4-8(2)9(6-11(12)13)10(5-7)14-3/h4-5H,6H2,1-3H3,(H,12,13). The van der Waals surface area contributed by atoms with E-state index in [-0.39, 0.29) is 6.42 Å². The largest absolute Gasteiger partial charge is 0.496 e. The van der Waals surface area contributed by atoms with Crippen LogP contribution in [0.15, 0.2) is 12.1 Å². The third kappa shape index (κ3) is 2.25. The van der Waals surface area contributed by atoms with Crippen molar-refractivity contribution in [3.63, 3.8) is 0 Å². The van der Waals surface area contributed by atoms with Gasteiger partial charge in [-0.3, -0.25) is 4.79 Å². The van der Waals surface area contributed by atoms with Gasteiger partial charge in [0.15, 0.2) is 0 Å². The van der Waals surface area contributed by atoms with Gasteiger partial charge in [0.1, 0.15) is 5.75 Å². The van der Waals surface area contributed by atoms with E-state index in [0.29, 0.717) is 5.75 Å². The van der Waals surface area contributed by atoms with E-state index in [2.05, 4.69) is 0 Å². The highest BCUT2D eigenvalue weighted by atomic mass is 16.5. The fourth-order valence-corrected chi connectivity index (χ4v) is 1.52. The molecule has 0 aliphatic rings. The molecule has 14 heavy (non-hydrogen) atoms. The average Bonchev–Trinajstić information content (AvgIpc) is 2.08. The van der Waals surface area contributed by atoms with Crippen molar-refractivity contribution in [2.24, 2.45) is 0 Å². The van der Waals surface area contributed by atoms with Gasteiger partial charge in [0, 0.05) is 5.56 Å². The Bertz CT molecular complexity index is 356. The zero-order valence-corrected chi connectivity index (χ0v) is 8.63. The highest BCUT2D eigenvalue weighted by Gasteiger charge is 2.10. The summed E-state index contributed by atoms with van der Waals surface area (Å²) in [6, 6.07) is 3.81. The van der Waals surface area contributed by atoms with Gasteiger partial charge in [-0.25, -0.2) is 0 Å². The Hall–Kier alpha value is -1.51. The maximum atomic E-state index is 10.6. The molecule has 0 aliphatic carbocycles. The molecule has 1 aromatic rings. The Morgan fingerprint density at radius 1 is 1.43 bits per heavy atom. The molecule has 0 saturated heterocycles. The maximum Gasteiger partial charge on any atom is 0.307 e. The van der Waals surface area contributed by atoms with Crippen LogP contribution in [0.25, 0.3) is 0 Å².